The van der Waals surface area contributed by atoms with Gasteiger partial charge in [0.15, 0.2) is 0 Å². The molecule has 1 saturated heterocycles. The number of nitrogens with one attached hydrogen (secondary N) is 1. The molecule has 0 unspecified atom stereocenters. The molecule has 1 fully saturated rings. The highest BCUT2D eigenvalue weighted by Crippen LogP contribution is 2.38. The average Bonchev–Trinajstić information content (AvgIpc) is 3.30. The maximum Gasteiger partial charge on any atom is 0.573 e. The fourth-order valence-corrected chi connectivity index (χ4v) is 3.47. The molecule has 0 bridgehead atoms. The minimum absolute atomic E-state index is 0.0558. The lowest BCUT2D eigenvalue weighted by Gasteiger charge is -2.27. The minimum atomic E-state index is -4.74. The van der Waals surface area contributed by atoms with E-state index in [4.69, 9.17) is 0 Å². The van der Waals surface area contributed by atoms with Gasteiger partial charge < -0.3 is 14.6 Å². The van der Waals surface area contributed by atoms with E-state index in [1.807, 2.05) is 11.0 Å². The van der Waals surface area contributed by atoms with Crippen molar-refractivity contribution in [2.75, 3.05) is 18.0 Å². The van der Waals surface area contributed by atoms with Gasteiger partial charge in [0.25, 0.3) is 5.91 Å². The first kappa shape index (κ1) is 18.2. The molecule has 28 heavy (non-hydrogen) atoms. The van der Waals surface area contributed by atoms with Crippen LogP contribution in [0, 0.1) is 0 Å². The van der Waals surface area contributed by atoms with Crippen molar-refractivity contribution in [3.05, 3.63) is 59.9 Å². The molecule has 1 amide bonds. The summed E-state index contributed by atoms with van der Waals surface area (Å²) in [6.45, 7) is 5.49. The van der Waals surface area contributed by atoms with Gasteiger partial charge in [-0.3, -0.25) is 9.69 Å². The Balaban J connectivity index is 1.63. The Morgan fingerprint density at radius 2 is 1.79 bits per heavy atom. The normalized spacial score (nSPS) is 16.5. The van der Waals surface area contributed by atoms with E-state index in [1.54, 1.807) is 17.0 Å². The lowest BCUT2D eigenvalue weighted by atomic mass is 10.1. The summed E-state index contributed by atoms with van der Waals surface area (Å²) in [5, 5.41) is 0. The van der Waals surface area contributed by atoms with Crippen LogP contribution < -0.4 is 9.64 Å². The number of amides is 1. The molecule has 8 heteroatoms. The van der Waals surface area contributed by atoms with Crippen LogP contribution in [0.4, 0.5) is 24.7 Å². The van der Waals surface area contributed by atoms with E-state index in [2.05, 4.69) is 16.3 Å². The van der Waals surface area contributed by atoms with E-state index >= 15 is 0 Å². The molecule has 2 aliphatic rings. The number of likely N-dealkylation sites (tertiary alicyclic amines) is 1. The number of fused-ring (bicyclic) bond motifs is 1. The summed E-state index contributed by atoms with van der Waals surface area (Å²) in [6, 6.07) is 7.30. The molecule has 1 aromatic heterocycles. The van der Waals surface area contributed by atoms with Crippen molar-refractivity contribution in [3.63, 3.8) is 0 Å². The fourth-order valence-electron chi connectivity index (χ4n) is 3.47. The van der Waals surface area contributed by atoms with Crippen molar-refractivity contribution in [1.29, 1.82) is 0 Å². The SMILES string of the molecule is C=C1C=Cc2cc(C(=O)N3CCCC3)[nH]c2N1c1ccc(OC(F)(F)F)cc1. The summed E-state index contributed by atoms with van der Waals surface area (Å²) in [5.41, 5.74) is 2.52. The zero-order valence-corrected chi connectivity index (χ0v) is 14.9. The smallest absolute Gasteiger partial charge is 0.406 e. The van der Waals surface area contributed by atoms with Crippen LogP contribution in [-0.4, -0.2) is 35.2 Å². The standard InChI is InChI=1S/C20H18F3N3O2/c1-13-4-5-14-12-17(19(27)25-10-2-3-11-25)24-18(14)26(13)15-6-8-16(9-7-15)28-20(21,22)23/h4-9,12,24H,1-3,10-11H2. The largest absolute Gasteiger partial charge is 0.573 e. The molecule has 2 aromatic rings. The molecule has 5 nitrogen and oxygen atoms in total. The molecule has 0 saturated carbocycles. The second-order valence-electron chi connectivity index (χ2n) is 6.69. The lowest BCUT2D eigenvalue weighted by Crippen LogP contribution is -2.28. The van der Waals surface area contributed by atoms with Gasteiger partial charge in [-0.05, 0) is 55.3 Å². The first-order valence-corrected chi connectivity index (χ1v) is 8.87. The summed E-state index contributed by atoms with van der Waals surface area (Å²) in [5.74, 6) is 0.297. The number of aromatic amines is 1. The molecule has 2 aliphatic heterocycles. The van der Waals surface area contributed by atoms with Crippen molar-refractivity contribution in [2.24, 2.45) is 0 Å². The fraction of sp³-hybridized carbons (Fsp3) is 0.250. The zero-order chi connectivity index (χ0) is 19.9. The summed E-state index contributed by atoms with van der Waals surface area (Å²) in [6.07, 6.45) is 0.909. The Kier molecular flexibility index (Phi) is 4.41. The summed E-state index contributed by atoms with van der Waals surface area (Å²) in [4.78, 5) is 19.4. The van der Waals surface area contributed by atoms with E-state index in [0.29, 0.717) is 22.9 Å². The number of halogens is 3. The number of anilines is 2. The summed E-state index contributed by atoms with van der Waals surface area (Å²) in [7, 11) is 0. The number of carbonyl (C=O) groups excluding carboxylic acids is 1. The lowest BCUT2D eigenvalue weighted by molar-refractivity contribution is -0.274. The second kappa shape index (κ2) is 6.78. The molecule has 4 rings (SSSR count). The number of nitrogens with zero attached hydrogens (tertiary/aromatic N) is 2. The van der Waals surface area contributed by atoms with Crippen molar-refractivity contribution in [3.8, 4) is 5.75 Å². The van der Waals surface area contributed by atoms with Crippen LogP contribution >= 0.6 is 0 Å². The summed E-state index contributed by atoms with van der Waals surface area (Å²) < 4.78 is 41.0. The summed E-state index contributed by atoms with van der Waals surface area (Å²) >= 11 is 0. The Hall–Kier alpha value is -3.16. The predicted molar refractivity (Wildman–Crippen MR) is 99.4 cm³/mol. The Morgan fingerprint density at radius 3 is 2.43 bits per heavy atom. The van der Waals surface area contributed by atoms with Crippen LogP contribution in [0.25, 0.3) is 6.08 Å². The maximum atomic E-state index is 12.7. The molecule has 1 N–H and O–H groups in total. The Labute approximate surface area is 159 Å². The maximum absolute atomic E-state index is 12.7. The van der Waals surface area contributed by atoms with Crippen LogP contribution in [0.2, 0.25) is 0 Å². The van der Waals surface area contributed by atoms with Gasteiger partial charge in [0, 0.05) is 30.0 Å². The molecule has 0 spiro atoms. The molecular formula is C20H18F3N3O2. The van der Waals surface area contributed by atoms with E-state index < -0.39 is 6.36 Å². The molecular weight excluding hydrogens is 371 g/mol. The van der Waals surface area contributed by atoms with Crippen molar-refractivity contribution < 1.29 is 22.7 Å². The second-order valence-corrected chi connectivity index (χ2v) is 6.69. The predicted octanol–water partition coefficient (Wildman–Crippen LogP) is 4.83. The number of aromatic nitrogens is 1. The van der Waals surface area contributed by atoms with Gasteiger partial charge in [0.1, 0.15) is 17.3 Å². The van der Waals surface area contributed by atoms with Crippen molar-refractivity contribution in [2.45, 2.75) is 19.2 Å². The van der Waals surface area contributed by atoms with Gasteiger partial charge in [-0.1, -0.05) is 6.58 Å². The number of carbonyl (C=O) groups is 1. The van der Waals surface area contributed by atoms with Crippen LogP contribution in [0.5, 0.6) is 5.75 Å². The number of ether oxygens (including phenoxy) is 1. The molecule has 0 atom stereocenters. The van der Waals surface area contributed by atoms with Crippen LogP contribution in [0.1, 0.15) is 28.9 Å². The van der Waals surface area contributed by atoms with E-state index in [9.17, 15) is 18.0 Å². The highest BCUT2D eigenvalue weighted by atomic mass is 19.4. The van der Waals surface area contributed by atoms with Crippen LogP contribution in [0.3, 0.4) is 0 Å². The monoisotopic (exact) mass is 389 g/mol. The highest BCUT2D eigenvalue weighted by Gasteiger charge is 2.31. The number of alkyl halides is 3. The highest BCUT2D eigenvalue weighted by molar-refractivity contribution is 5.96. The number of rotatable bonds is 3. The number of allylic oxidation sites excluding steroid dienone is 1. The van der Waals surface area contributed by atoms with E-state index in [1.165, 1.54) is 24.3 Å². The third-order valence-electron chi connectivity index (χ3n) is 4.74. The zero-order valence-electron chi connectivity index (χ0n) is 14.9. The third-order valence-corrected chi connectivity index (χ3v) is 4.74. The molecule has 1 aromatic carbocycles. The molecule has 3 heterocycles. The van der Waals surface area contributed by atoms with Crippen LogP contribution in [-0.2, 0) is 0 Å². The number of H-pyrrole nitrogens is 1. The van der Waals surface area contributed by atoms with Gasteiger partial charge in [-0.15, -0.1) is 13.2 Å². The van der Waals surface area contributed by atoms with Gasteiger partial charge in [0.05, 0.1) is 0 Å². The topological polar surface area (TPSA) is 48.6 Å². The van der Waals surface area contributed by atoms with E-state index in [0.717, 1.165) is 31.5 Å². The number of benzene rings is 1. The molecule has 0 aliphatic carbocycles. The van der Waals surface area contributed by atoms with Gasteiger partial charge in [-0.25, -0.2) is 0 Å². The van der Waals surface area contributed by atoms with Crippen LogP contribution in [0.15, 0.2) is 48.7 Å². The van der Waals surface area contributed by atoms with E-state index in [-0.39, 0.29) is 11.7 Å². The molecule has 0 radical (unpaired) electrons. The Morgan fingerprint density at radius 1 is 1.11 bits per heavy atom. The van der Waals surface area contributed by atoms with Crippen molar-refractivity contribution in [1.82, 2.24) is 9.88 Å². The average molecular weight is 389 g/mol. The molecule has 146 valence electrons. The number of hydrogen-bond donors (Lipinski definition) is 1. The minimum Gasteiger partial charge on any atom is -0.406 e. The van der Waals surface area contributed by atoms with Gasteiger partial charge in [0.2, 0.25) is 0 Å². The van der Waals surface area contributed by atoms with Gasteiger partial charge >= 0.3 is 6.36 Å². The first-order chi connectivity index (χ1) is 13.3. The number of hydrogen-bond acceptors (Lipinski definition) is 3. The third kappa shape index (κ3) is 3.49. The van der Waals surface area contributed by atoms with Gasteiger partial charge in [-0.2, -0.15) is 0 Å². The van der Waals surface area contributed by atoms with Crippen molar-refractivity contribution >= 4 is 23.5 Å². The quantitative estimate of drug-likeness (QED) is 0.818. The first-order valence-electron chi connectivity index (χ1n) is 8.87. The Bertz CT molecular complexity index is 939.